The SMILES string of the molecule is Cc1ccc(C)c(/C=C/c2onc(C)c2S(=O)(=O)N2CCC[C@@H](C(=O)Nc3ccc(Cl)cc3)C2)c1. The number of sulfonamides is 1. The highest BCUT2D eigenvalue weighted by atomic mass is 35.5. The maximum Gasteiger partial charge on any atom is 0.248 e. The summed E-state index contributed by atoms with van der Waals surface area (Å²) in [5.74, 6) is -0.510. The molecule has 2 aromatic carbocycles. The molecule has 9 heteroatoms. The van der Waals surface area contributed by atoms with E-state index < -0.39 is 15.9 Å². The number of benzene rings is 2. The lowest BCUT2D eigenvalue weighted by atomic mass is 9.99. The highest BCUT2D eigenvalue weighted by molar-refractivity contribution is 7.89. The average molecular weight is 514 g/mol. The van der Waals surface area contributed by atoms with Crippen LogP contribution >= 0.6 is 11.6 Å². The van der Waals surface area contributed by atoms with Crippen LogP contribution in [0.1, 0.15) is 41.0 Å². The lowest BCUT2D eigenvalue weighted by molar-refractivity contribution is -0.120. The Morgan fingerprint density at radius 3 is 2.63 bits per heavy atom. The standard InChI is InChI=1S/C26H28ClN3O4S/c1-17-6-7-18(2)20(15-17)8-13-24-25(19(3)29-34-24)35(32,33)30-14-4-5-21(16-30)26(31)28-23-11-9-22(27)10-12-23/h6-13,15,21H,4-5,14,16H2,1-3H3,(H,28,31)/b13-8+/t21-/m1/s1. The number of rotatable bonds is 6. The third kappa shape index (κ3) is 5.66. The van der Waals surface area contributed by atoms with Crippen molar-refractivity contribution < 1.29 is 17.7 Å². The highest BCUT2D eigenvalue weighted by Crippen LogP contribution is 2.30. The second-order valence-corrected chi connectivity index (χ2v) is 11.2. The molecule has 1 aromatic heterocycles. The van der Waals surface area contributed by atoms with E-state index in [0.717, 1.165) is 16.7 Å². The summed E-state index contributed by atoms with van der Waals surface area (Å²) in [4.78, 5) is 12.9. The van der Waals surface area contributed by atoms with Crippen LogP contribution in [0.3, 0.4) is 0 Å². The normalized spacial score (nSPS) is 17.1. The van der Waals surface area contributed by atoms with Crippen molar-refractivity contribution in [2.24, 2.45) is 5.92 Å². The van der Waals surface area contributed by atoms with Crippen LogP contribution in [0.4, 0.5) is 5.69 Å². The Labute approximate surface area is 210 Å². The van der Waals surface area contributed by atoms with E-state index in [2.05, 4.69) is 10.5 Å². The van der Waals surface area contributed by atoms with Gasteiger partial charge in [-0.1, -0.05) is 46.6 Å². The van der Waals surface area contributed by atoms with Crippen LogP contribution in [0, 0.1) is 26.7 Å². The van der Waals surface area contributed by atoms with Crippen LogP contribution in [-0.2, 0) is 14.8 Å². The average Bonchev–Trinajstić information content (AvgIpc) is 3.22. The zero-order valence-electron chi connectivity index (χ0n) is 19.9. The fourth-order valence-corrected chi connectivity index (χ4v) is 6.09. The number of halogens is 1. The third-order valence-corrected chi connectivity index (χ3v) is 8.42. The van der Waals surface area contributed by atoms with E-state index in [-0.39, 0.29) is 23.1 Å². The van der Waals surface area contributed by atoms with Gasteiger partial charge >= 0.3 is 0 Å². The Balaban J connectivity index is 1.55. The highest BCUT2D eigenvalue weighted by Gasteiger charge is 2.37. The minimum absolute atomic E-state index is 0.0396. The monoisotopic (exact) mass is 513 g/mol. The first-order valence-corrected chi connectivity index (χ1v) is 13.2. The van der Waals surface area contributed by atoms with E-state index in [4.69, 9.17) is 16.1 Å². The first-order chi connectivity index (χ1) is 16.6. The Kier molecular flexibility index (Phi) is 7.44. The summed E-state index contributed by atoms with van der Waals surface area (Å²) < 4.78 is 34.0. The number of amides is 1. The molecule has 0 unspecified atom stereocenters. The molecule has 0 spiro atoms. The predicted molar refractivity (Wildman–Crippen MR) is 138 cm³/mol. The van der Waals surface area contributed by atoms with Crippen molar-refractivity contribution in [2.45, 2.75) is 38.5 Å². The molecule has 3 aromatic rings. The molecule has 4 rings (SSSR count). The second kappa shape index (κ2) is 10.4. The summed E-state index contributed by atoms with van der Waals surface area (Å²) in [6.07, 6.45) is 4.66. The molecule has 1 saturated heterocycles. The molecule has 1 aliphatic heterocycles. The molecule has 1 fully saturated rings. The van der Waals surface area contributed by atoms with E-state index in [1.54, 1.807) is 37.3 Å². The summed E-state index contributed by atoms with van der Waals surface area (Å²) in [5.41, 5.74) is 4.05. The molecule has 1 N–H and O–H groups in total. The molecule has 184 valence electrons. The zero-order chi connectivity index (χ0) is 25.2. The number of nitrogens with one attached hydrogen (secondary N) is 1. The van der Waals surface area contributed by atoms with E-state index in [1.165, 1.54) is 4.31 Å². The van der Waals surface area contributed by atoms with Gasteiger partial charge in [0.1, 0.15) is 5.69 Å². The largest absolute Gasteiger partial charge is 0.355 e. The quantitative estimate of drug-likeness (QED) is 0.472. The fourth-order valence-electron chi connectivity index (χ4n) is 4.19. The fraction of sp³-hybridized carbons (Fsp3) is 0.308. The first kappa shape index (κ1) is 25.2. The smallest absolute Gasteiger partial charge is 0.248 e. The Morgan fingerprint density at radius 2 is 1.89 bits per heavy atom. The number of hydrogen-bond acceptors (Lipinski definition) is 5. The summed E-state index contributed by atoms with van der Waals surface area (Å²) in [6, 6.07) is 12.9. The van der Waals surface area contributed by atoms with Crippen LogP contribution in [0.2, 0.25) is 5.02 Å². The van der Waals surface area contributed by atoms with Crippen LogP contribution in [0.25, 0.3) is 12.2 Å². The van der Waals surface area contributed by atoms with Gasteiger partial charge in [0.25, 0.3) is 0 Å². The molecule has 1 aliphatic rings. The van der Waals surface area contributed by atoms with Gasteiger partial charge in [0.2, 0.25) is 15.9 Å². The van der Waals surface area contributed by atoms with E-state index in [9.17, 15) is 13.2 Å². The van der Waals surface area contributed by atoms with E-state index >= 15 is 0 Å². The van der Waals surface area contributed by atoms with Gasteiger partial charge in [-0.05, 0) is 75.1 Å². The first-order valence-electron chi connectivity index (χ1n) is 11.4. The van der Waals surface area contributed by atoms with Gasteiger partial charge < -0.3 is 9.84 Å². The van der Waals surface area contributed by atoms with E-state index in [0.29, 0.717) is 35.8 Å². The minimum Gasteiger partial charge on any atom is -0.355 e. The summed E-state index contributed by atoms with van der Waals surface area (Å²) >= 11 is 5.91. The summed E-state index contributed by atoms with van der Waals surface area (Å²) in [7, 11) is -3.92. The van der Waals surface area contributed by atoms with Crippen molar-refractivity contribution >= 4 is 45.4 Å². The van der Waals surface area contributed by atoms with Crippen molar-refractivity contribution in [3.8, 4) is 0 Å². The predicted octanol–water partition coefficient (Wildman–Crippen LogP) is 5.46. The minimum atomic E-state index is -3.92. The lowest BCUT2D eigenvalue weighted by Crippen LogP contribution is -2.43. The van der Waals surface area contributed by atoms with Gasteiger partial charge in [-0.15, -0.1) is 0 Å². The molecule has 35 heavy (non-hydrogen) atoms. The number of aryl methyl sites for hydroxylation is 3. The van der Waals surface area contributed by atoms with Crippen molar-refractivity contribution in [3.63, 3.8) is 0 Å². The number of aromatic nitrogens is 1. The number of carbonyl (C=O) groups is 1. The van der Waals surface area contributed by atoms with Gasteiger partial charge in [-0.25, -0.2) is 8.42 Å². The molecule has 0 aliphatic carbocycles. The summed E-state index contributed by atoms with van der Waals surface area (Å²) in [5, 5.41) is 7.35. The van der Waals surface area contributed by atoms with Crippen LogP contribution in [0.5, 0.6) is 0 Å². The molecular formula is C26H28ClN3O4S. The number of anilines is 1. The molecule has 7 nitrogen and oxygen atoms in total. The van der Waals surface area contributed by atoms with Crippen molar-refractivity contribution in [1.82, 2.24) is 9.46 Å². The van der Waals surface area contributed by atoms with Crippen LogP contribution in [0.15, 0.2) is 51.9 Å². The topological polar surface area (TPSA) is 92.5 Å². The molecule has 0 saturated carbocycles. The van der Waals surface area contributed by atoms with Gasteiger partial charge in [-0.3, -0.25) is 4.79 Å². The molecule has 1 amide bonds. The third-order valence-electron chi connectivity index (χ3n) is 6.15. The zero-order valence-corrected chi connectivity index (χ0v) is 21.5. The Hall–Kier alpha value is -2.94. The van der Waals surface area contributed by atoms with Crippen LogP contribution in [-0.4, -0.2) is 36.9 Å². The van der Waals surface area contributed by atoms with Gasteiger partial charge in [-0.2, -0.15) is 4.31 Å². The van der Waals surface area contributed by atoms with E-state index in [1.807, 2.05) is 38.1 Å². The summed E-state index contributed by atoms with van der Waals surface area (Å²) in [6.45, 7) is 6.02. The molecule has 2 heterocycles. The number of nitrogens with zero attached hydrogens (tertiary/aromatic N) is 2. The van der Waals surface area contributed by atoms with Crippen molar-refractivity contribution in [1.29, 1.82) is 0 Å². The van der Waals surface area contributed by atoms with Crippen molar-refractivity contribution in [3.05, 3.63) is 75.6 Å². The molecular weight excluding hydrogens is 486 g/mol. The number of hydrogen-bond donors (Lipinski definition) is 1. The van der Waals surface area contributed by atoms with Crippen LogP contribution < -0.4 is 5.32 Å². The second-order valence-electron chi connectivity index (χ2n) is 8.85. The van der Waals surface area contributed by atoms with Gasteiger partial charge in [0.15, 0.2) is 10.7 Å². The number of piperidine rings is 1. The molecule has 0 bridgehead atoms. The van der Waals surface area contributed by atoms with Gasteiger partial charge in [0, 0.05) is 23.8 Å². The molecule has 0 radical (unpaired) electrons. The van der Waals surface area contributed by atoms with Crippen molar-refractivity contribution in [2.75, 3.05) is 18.4 Å². The Morgan fingerprint density at radius 1 is 1.14 bits per heavy atom. The number of carbonyl (C=O) groups excluding carboxylic acids is 1. The van der Waals surface area contributed by atoms with Gasteiger partial charge in [0.05, 0.1) is 5.92 Å². The molecule has 1 atom stereocenters. The maximum atomic E-state index is 13.6. The maximum absolute atomic E-state index is 13.6. The Bertz CT molecular complexity index is 1360. The lowest BCUT2D eigenvalue weighted by Gasteiger charge is -2.31.